The number of benzene rings is 1. The van der Waals surface area contributed by atoms with Gasteiger partial charge in [0.25, 0.3) is 6.29 Å². The van der Waals surface area contributed by atoms with E-state index in [1.807, 2.05) is 0 Å². The lowest BCUT2D eigenvalue weighted by atomic mass is 9.95. The quantitative estimate of drug-likeness (QED) is 0.328. The number of carbonyl (C=O) groups is 4. The Morgan fingerprint density at radius 3 is 2.30 bits per heavy atom. The highest BCUT2D eigenvalue weighted by atomic mass is 16.7. The number of rotatable bonds is 6. The molecule has 0 bridgehead atoms. The molecule has 1 heterocycles. The first-order valence-corrected chi connectivity index (χ1v) is 8.42. The van der Waals surface area contributed by atoms with Gasteiger partial charge >= 0.3 is 11.9 Å². The summed E-state index contributed by atoms with van der Waals surface area (Å²) in [5.41, 5.74) is 1.37. The van der Waals surface area contributed by atoms with Crippen LogP contribution in [0.25, 0.3) is 0 Å². The van der Waals surface area contributed by atoms with Gasteiger partial charge in [-0.25, -0.2) is 9.59 Å². The Kier molecular flexibility index (Phi) is 5.21. The Hall–Kier alpha value is -3.22. The van der Waals surface area contributed by atoms with Gasteiger partial charge in [0.1, 0.15) is 0 Å². The number of cyclic esters (lactones) is 1. The molecule has 7 heteroatoms. The van der Waals surface area contributed by atoms with E-state index in [9.17, 15) is 19.2 Å². The van der Waals surface area contributed by atoms with Crippen molar-refractivity contribution >= 4 is 23.5 Å². The standard InChI is InChI=1S/C20H18O7/c1-11-9-16(27-19(11)23)26-10-12(20(24)25-2)7-8-15-17(21)13-5-3-4-6-14(13)18(15)22/h3-6,9-10,15-16H,7-8H2,1-2H3/b12-10+. The second-order valence-corrected chi connectivity index (χ2v) is 6.26. The van der Waals surface area contributed by atoms with Crippen molar-refractivity contribution < 1.29 is 33.4 Å². The lowest BCUT2D eigenvalue weighted by Gasteiger charge is -2.11. The second-order valence-electron chi connectivity index (χ2n) is 6.26. The molecule has 1 aromatic carbocycles. The largest absolute Gasteiger partial charge is 0.466 e. The zero-order chi connectivity index (χ0) is 19.6. The van der Waals surface area contributed by atoms with E-state index in [1.165, 1.54) is 13.2 Å². The van der Waals surface area contributed by atoms with Gasteiger partial charge in [0.15, 0.2) is 11.6 Å². The van der Waals surface area contributed by atoms with Crippen LogP contribution >= 0.6 is 0 Å². The highest BCUT2D eigenvalue weighted by Gasteiger charge is 2.38. The molecule has 1 atom stereocenters. The van der Waals surface area contributed by atoms with Crippen molar-refractivity contribution in [2.24, 2.45) is 5.92 Å². The molecule has 0 radical (unpaired) electrons. The SMILES string of the molecule is COC(=O)/C(=C/OC1C=C(C)C(=O)O1)CCC1C(=O)c2ccccc2C1=O. The van der Waals surface area contributed by atoms with Crippen molar-refractivity contribution in [2.75, 3.05) is 7.11 Å². The van der Waals surface area contributed by atoms with E-state index in [-0.39, 0.29) is 30.0 Å². The van der Waals surface area contributed by atoms with Crippen LogP contribution in [0.3, 0.4) is 0 Å². The van der Waals surface area contributed by atoms with Gasteiger partial charge in [-0.15, -0.1) is 0 Å². The van der Waals surface area contributed by atoms with Crippen LogP contribution in [0, 0.1) is 5.92 Å². The molecule has 7 nitrogen and oxygen atoms in total. The molecule has 0 fully saturated rings. The predicted molar refractivity (Wildman–Crippen MR) is 92.6 cm³/mol. The third-order valence-electron chi connectivity index (χ3n) is 4.52. The normalized spacial score (nSPS) is 19.6. The van der Waals surface area contributed by atoms with Crippen LogP contribution in [-0.4, -0.2) is 36.9 Å². The van der Waals surface area contributed by atoms with Gasteiger partial charge in [-0.2, -0.15) is 0 Å². The number of hydrogen-bond acceptors (Lipinski definition) is 7. The molecule has 0 amide bonds. The van der Waals surface area contributed by atoms with E-state index >= 15 is 0 Å². The van der Waals surface area contributed by atoms with E-state index in [2.05, 4.69) is 0 Å². The second kappa shape index (κ2) is 7.57. The van der Waals surface area contributed by atoms with Gasteiger partial charge in [0, 0.05) is 22.8 Å². The van der Waals surface area contributed by atoms with Crippen molar-refractivity contribution in [3.05, 3.63) is 58.9 Å². The Balaban J connectivity index is 1.68. The molecule has 3 rings (SSSR count). The highest BCUT2D eigenvalue weighted by molar-refractivity contribution is 6.26. The van der Waals surface area contributed by atoms with Crippen LogP contribution in [0.4, 0.5) is 0 Å². The number of fused-ring (bicyclic) bond motifs is 1. The van der Waals surface area contributed by atoms with E-state index < -0.39 is 24.1 Å². The average Bonchev–Trinajstić information content (AvgIpc) is 3.12. The van der Waals surface area contributed by atoms with Gasteiger partial charge in [-0.1, -0.05) is 24.3 Å². The fraction of sp³-hybridized carbons (Fsp3) is 0.300. The average molecular weight is 370 g/mol. The summed E-state index contributed by atoms with van der Waals surface area (Å²) >= 11 is 0. The minimum absolute atomic E-state index is 0.103. The third-order valence-corrected chi connectivity index (χ3v) is 4.52. The van der Waals surface area contributed by atoms with Crippen LogP contribution in [0.2, 0.25) is 0 Å². The summed E-state index contributed by atoms with van der Waals surface area (Å²) < 4.78 is 15.0. The molecule has 27 heavy (non-hydrogen) atoms. The van der Waals surface area contributed by atoms with E-state index in [1.54, 1.807) is 31.2 Å². The molecule has 0 aromatic heterocycles. The number of carbonyl (C=O) groups excluding carboxylic acids is 4. The van der Waals surface area contributed by atoms with Crippen LogP contribution < -0.4 is 0 Å². The van der Waals surface area contributed by atoms with Gasteiger partial charge in [0.2, 0.25) is 0 Å². The summed E-state index contributed by atoms with van der Waals surface area (Å²) in [6, 6.07) is 6.66. The topological polar surface area (TPSA) is 96.0 Å². The fourth-order valence-corrected chi connectivity index (χ4v) is 3.03. The number of ether oxygens (including phenoxy) is 3. The van der Waals surface area contributed by atoms with Gasteiger partial charge in [-0.05, 0) is 19.8 Å². The van der Waals surface area contributed by atoms with E-state index in [0.717, 1.165) is 6.26 Å². The molecule has 1 aliphatic carbocycles. The maximum absolute atomic E-state index is 12.4. The molecular formula is C20H18O7. The Morgan fingerprint density at radius 1 is 1.15 bits per heavy atom. The van der Waals surface area contributed by atoms with Crippen molar-refractivity contribution in [3.8, 4) is 0 Å². The van der Waals surface area contributed by atoms with Gasteiger partial charge < -0.3 is 14.2 Å². The van der Waals surface area contributed by atoms with E-state index in [4.69, 9.17) is 14.2 Å². The van der Waals surface area contributed by atoms with Crippen LogP contribution in [0.5, 0.6) is 0 Å². The van der Waals surface area contributed by atoms with Crippen LogP contribution in [0.15, 0.2) is 47.7 Å². The number of esters is 2. The zero-order valence-corrected chi connectivity index (χ0v) is 14.9. The minimum Gasteiger partial charge on any atom is -0.466 e. The summed E-state index contributed by atoms with van der Waals surface area (Å²) in [5, 5.41) is 0. The molecule has 0 saturated heterocycles. The van der Waals surface area contributed by atoms with Crippen LogP contribution in [0.1, 0.15) is 40.5 Å². The van der Waals surface area contributed by atoms with Crippen LogP contribution in [-0.2, 0) is 23.8 Å². The van der Waals surface area contributed by atoms with Crippen molar-refractivity contribution in [1.82, 2.24) is 0 Å². The highest BCUT2D eigenvalue weighted by Crippen LogP contribution is 2.30. The van der Waals surface area contributed by atoms with Crippen molar-refractivity contribution in [1.29, 1.82) is 0 Å². The molecule has 1 aromatic rings. The summed E-state index contributed by atoms with van der Waals surface area (Å²) in [4.78, 5) is 48.2. The monoisotopic (exact) mass is 370 g/mol. The van der Waals surface area contributed by atoms with Crippen molar-refractivity contribution in [2.45, 2.75) is 26.1 Å². The summed E-state index contributed by atoms with van der Waals surface area (Å²) in [7, 11) is 1.22. The molecule has 140 valence electrons. The molecule has 0 N–H and O–H groups in total. The Labute approximate surface area is 155 Å². The summed E-state index contributed by atoms with van der Waals surface area (Å²) in [6.07, 6.45) is 1.96. The number of Topliss-reactive ketones (excluding diaryl/α,β-unsaturated/α-hetero) is 2. The molecule has 2 aliphatic rings. The number of ketones is 2. The lowest BCUT2D eigenvalue weighted by molar-refractivity contribution is -0.152. The third kappa shape index (κ3) is 3.67. The molecule has 0 spiro atoms. The van der Waals surface area contributed by atoms with Crippen molar-refractivity contribution in [3.63, 3.8) is 0 Å². The lowest BCUT2D eigenvalue weighted by Crippen LogP contribution is -2.17. The first kappa shape index (κ1) is 18.6. The number of methoxy groups -OCH3 is 1. The maximum atomic E-state index is 12.4. The first-order valence-electron chi connectivity index (χ1n) is 8.42. The van der Waals surface area contributed by atoms with Gasteiger partial charge in [-0.3, -0.25) is 9.59 Å². The Morgan fingerprint density at radius 2 is 1.78 bits per heavy atom. The molecule has 0 saturated carbocycles. The summed E-state index contributed by atoms with van der Waals surface area (Å²) in [6.45, 7) is 1.59. The number of hydrogen-bond donors (Lipinski definition) is 0. The molecule has 1 unspecified atom stereocenters. The smallest absolute Gasteiger partial charge is 0.336 e. The first-order chi connectivity index (χ1) is 12.9. The summed E-state index contributed by atoms with van der Waals surface area (Å²) in [5.74, 6) is -2.46. The van der Waals surface area contributed by atoms with E-state index in [0.29, 0.717) is 16.7 Å². The predicted octanol–water partition coefficient (Wildman–Crippen LogP) is 2.36. The molecular weight excluding hydrogens is 352 g/mol. The molecule has 1 aliphatic heterocycles. The minimum atomic E-state index is -0.920. The van der Waals surface area contributed by atoms with Gasteiger partial charge in [0.05, 0.1) is 24.9 Å². The zero-order valence-electron chi connectivity index (χ0n) is 14.9. The fourth-order valence-electron chi connectivity index (χ4n) is 3.03. The maximum Gasteiger partial charge on any atom is 0.336 e. The Bertz CT molecular complexity index is 843.